The van der Waals surface area contributed by atoms with Crippen molar-refractivity contribution in [3.05, 3.63) is 24.3 Å². The van der Waals surface area contributed by atoms with Crippen molar-refractivity contribution in [2.45, 2.75) is 31.8 Å². The summed E-state index contributed by atoms with van der Waals surface area (Å²) in [7, 11) is 0. The Balaban J connectivity index is 1.52. The fourth-order valence-corrected chi connectivity index (χ4v) is 2.77. The van der Waals surface area contributed by atoms with E-state index in [1.807, 2.05) is 19.1 Å². The summed E-state index contributed by atoms with van der Waals surface area (Å²) in [6.07, 6.45) is 2.28. The maximum absolute atomic E-state index is 12.1. The van der Waals surface area contributed by atoms with E-state index in [2.05, 4.69) is 27.2 Å². The Kier molecular flexibility index (Phi) is 4.01. The zero-order chi connectivity index (χ0) is 14.8. The lowest BCUT2D eigenvalue weighted by atomic mass is 10.2. The number of carbonyl (C=O) groups excluding carboxylic acids is 1. The molecular weight excluding hydrogens is 264 g/mol. The first-order valence-corrected chi connectivity index (χ1v) is 7.78. The van der Waals surface area contributed by atoms with E-state index in [-0.39, 0.29) is 11.9 Å². The fourth-order valence-electron chi connectivity index (χ4n) is 2.77. The molecule has 1 amide bonds. The maximum atomic E-state index is 12.1. The number of nitrogens with one attached hydrogen (secondary N) is 1. The van der Waals surface area contributed by atoms with Gasteiger partial charge in [0.25, 0.3) is 0 Å². The summed E-state index contributed by atoms with van der Waals surface area (Å²) >= 11 is 0. The number of amides is 1. The van der Waals surface area contributed by atoms with Crippen molar-refractivity contribution in [1.82, 2.24) is 10.2 Å². The second kappa shape index (κ2) is 5.93. The van der Waals surface area contributed by atoms with E-state index in [1.165, 1.54) is 5.69 Å². The molecule has 1 aromatic carbocycles. The zero-order valence-electron chi connectivity index (χ0n) is 12.6. The quantitative estimate of drug-likeness (QED) is 0.813. The summed E-state index contributed by atoms with van der Waals surface area (Å²) in [5.74, 6) is 0.179. The van der Waals surface area contributed by atoms with E-state index in [1.54, 1.807) is 0 Å². The van der Waals surface area contributed by atoms with E-state index in [4.69, 9.17) is 5.73 Å². The molecule has 21 heavy (non-hydrogen) atoms. The van der Waals surface area contributed by atoms with Crippen LogP contribution < -0.4 is 16.0 Å². The lowest BCUT2D eigenvalue weighted by molar-refractivity contribution is -0.126. The molecule has 0 bridgehead atoms. The van der Waals surface area contributed by atoms with Crippen LogP contribution in [0.15, 0.2) is 24.3 Å². The van der Waals surface area contributed by atoms with E-state index in [0.717, 1.165) is 44.7 Å². The van der Waals surface area contributed by atoms with Crippen molar-refractivity contribution < 1.29 is 4.79 Å². The van der Waals surface area contributed by atoms with Gasteiger partial charge in [0.1, 0.15) is 0 Å². The van der Waals surface area contributed by atoms with E-state index < -0.39 is 0 Å². The van der Waals surface area contributed by atoms with Gasteiger partial charge in [0.15, 0.2) is 0 Å². The molecule has 5 nitrogen and oxygen atoms in total. The molecule has 5 heteroatoms. The monoisotopic (exact) mass is 288 g/mol. The van der Waals surface area contributed by atoms with Crippen molar-refractivity contribution in [2.75, 3.05) is 36.8 Å². The molecule has 1 unspecified atom stereocenters. The van der Waals surface area contributed by atoms with Gasteiger partial charge in [0.2, 0.25) is 5.91 Å². The number of nitrogen functional groups attached to an aromatic ring is 1. The third-order valence-corrected chi connectivity index (χ3v) is 4.42. The summed E-state index contributed by atoms with van der Waals surface area (Å²) in [5.41, 5.74) is 7.73. The minimum atomic E-state index is -0.0285. The molecule has 1 saturated carbocycles. The summed E-state index contributed by atoms with van der Waals surface area (Å²) in [6.45, 7) is 5.75. The number of anilines is 2. The molecular formula is C16H24N4O. The SMILES string of the molecule is CC(C(=O)NC1CC1)N1CCN(c2ccc(N)cc2)CC1. The lowest BCUT2D eigenvalue weighted by Gasteiger charge is -2.38. The first kappa shape index (κ1) is 14.2. The van der Waals surface area contributed by atoms with E-state index in [9.17, 15) is 4.79 Å². The molecule has 1 atom stereocenters. The number of rotatable bonds is 4. The van der Waals surface area contributed by atoms with Gasteiger partial charge in [-0.25, -0.2) is 0 Å². The predicted molar refractivity (Wildman–Crippen MR) is 85.3 cm³/mol. The molecule has 2 fully saturated rings. The summed E-state index contributed by atoms with van der Waals surface area (Å²) < 4.78 is 0. The molecule has 0 aromatic heterocycles. The minimum absolute atomic E-state index is 0.0285. The number of piperazine rings is 1. The lowest BCUT2D eigenvalue weighted by Crippen LogP contribution is -2.54. The van der Waals surface area contributed by atoms with Gasteiger partial charge in [-0.1, -0.05) is 0 Å². The van der Waals surface area contributed by atoms with Crippen LogP contribution in [0.1, 0.15) is 19.8 Å². The number of carbonyl (C=O) groups is 1. The standard InChI is InChI=1S/C16H24N4O/c1-12(16(21)18-14-4-5-14)19-8-10-20(11-9-19)15-6-2-13(17)3-7-15/h2-3,6-7,12,14H,4-5,8-11,17H2,1H3,(H,18,21). The Morgan fingerprint density at radius 2 is 1.81 bits per heavy atom. The number of nitrogens with two attached hydrogens (primary N) is 1. The molecule has 0 spiro atoms. The van der Waals surface area contributed by atoms with Gasteiger partial charge in [-0.3, -0.25) is 9.69 Å². The topological polar surface area (TPSA) is 61.6 Å². The third kappa shape index (κ3) is 3.47. The van der Waals surface area contributed by atoms with Crippen molar-refractivity contribution >= 4 is 17.3 Å². The van der Waals surface area contributed by atoms with Gasteiger partial charge in [0.05, 0.1) is 6.04 Å². The molecule has 2 aliphatic rings. The Bertz CT molecular complexity index is 490. The summed E-state index contributed by atoms with van der Waals surface area (Å²) in [5, 5.41) is 3.09. The highest BCUT2D eigenvalue weighted by Gasteiger charge is 2.29. The second-order valence-corrected chi connectivity index (χ2v) is 6.07. The number of nitrogens with zero attached hydrogens (tertiary/aromatic N) is 2. The predicted octanol–water partition coefficient (Wildman–Crippen LogP) is 1.06. The first-order chi connectivity index (χ1) is 10.1. The first-order valence-electron chi connectivity index (χ1n) is 7.78. The summed E-state index contributed by atoms with van der Waals surface area (Å²) in [6, 6.07) is 8.42. The van der Waals surface area contributed by atoms with Crippen LogP contribution in [0.3, 0.4) is 0 Å². The van der Waals surface area contributed by atoms with Crippen molar-refractivity contribution in [3.8, 4) is 0 Å². The molecule has 1 saturated heterocycles. The molecule has 114 valence electrons. The second-order valence-electron chi connectivity index (χ2n) is 6.07. The van der Waals surface area contributed by atoms with Crippen molar-refractivity contribution in [1.29, 1.82) is 0 Å². The Morgan fingerprint density at radius 1 is 1.19 bits per heavy atom. The van der Waals surface area contributed by atoms with Crippen molar-refractivity contribution in [3.63, 3.8) is 0 Å². The molecule has 0 radical (unpaired) electrons. The molecule has 3 rings (SSSR count). The molecule has 1 aromatic rings. The molecule has 3 N–H and O–H groups in total. The van der Waals surface area contributed by atoms with Crippen LogP contribution in [0.5, 0.6) is 0 Å². The number of hydrogen-bond donors (Lipinski definition) is 2. The maximum Gasteiger partial charge on any atom is 0.237 e. The van der Waals surface area contributed by atoms with E-state index in [0.29, 0.717) is 6.04 Å². The normalized spacial score (nSPS) is 21.1. The summed E-state index contributed by atoms with van der Waals surface area (Å²) in [4.78, 5) is 16.7. The largest absolute Gasteiger partial charge is 0.399 e. The fraction of sp³-hybridized carbons (Fsp3) is 0.562. The van der Waals surface area contributed by atoms with Crippen LogP contribution in [-0.2, 0) is 4.79 Å². The zero-order valence-corrected chi connectivity index (χ0v) is 12.6. The smallest absolute Gasteiger partial charge is 0.237 e. The average Bonchev–Trinajstić information content (AvgIpc) is 3.31. The van der Waals surface area contributed by atoms with Gasteiger partial charge in [-0.15, -0.1) is 0 Å². The number of benzene rings is 1. The van der Waals surface area contributed by atoms with Gasteiger partial charge < -0.3 is 16.0 Å². The van der Waals surface area contributed by atoms with Crippen LogP contribution in [0.25, 0.3) is 0 Å². The van der Waals surface area contributed by atoms with Crippen LogP contribution in [0.2, 0.25) is 0 Å². The highest BCUT2D eigenvalue weighted by Crippen LogP contribution is 2.21. The van der Waals surface area contributed by atoms with Gasteiger partial charge in [0, 0.05) is 43.6 Å². The van der Waals surface area contributed by atoms with Crippen LogP contribution >= 0.6 is 0 Å². The van der Waals surface area contributed by atoms with Gasteiger partial charge in [-0.05, 0) is 44.0 Å². The Labute approximate surface area is 126 Å². The van der Waals surface area contributed by atoms with Gasteiger partial charge in [-0.2, -0.15) is 0 Å². The minimum Gasteiger partial charge on any atom is -0.399 e. The molecule has 1 heterocycles. The van der Waals surface area contributed by atoms with Crippen LogP contribution in [0.4, 0.5) is 11.4 Å². The molecule has 1 aliphatic heterocycles. The highest BCUT2D eigenvalue weighted by atomic mass is 16.2. The van der Waals surface area contributed by atoms with Crippen LogP contribution in [-0.4, -0.2) is 49.1 Å². The van der Waals surface area contributed by atoms with E-state index >= 15 is 0 Å². The molecule has 1 aliphatic carbocycles. The average molecular weight is 288 g/mol. The highest BCUT2D eigenvalue weighted by molar-refractivity contribution is 5.81. The van der Waals surface area contributed by atoms with Crippen molar-refractivity contribution in [2.24, 2.45) is 0 Å². The third-order valence-electron chi connectivity index (χ3n) is 4.42. The Morgan fingerprint density at radius 3 is 2.38 bits per heavy atom. The van der Waals surface area contributed by atoms with Gasteiger partial charge >= 0.3 is 0 Å². The Hall–Kier alpha value is -1.75. The van der Waals surface area contributed by atoms with Crippen LogP contribution in [0, 0.1) is 0 Å². The number of hydrogen-bond acceptors (Lipinski definition) is 4.